The summed E-state index contributed by atoms with van der Waals surface area (Å²) in [4.78, 5) is 0. The maximum atomic E-state index is 2.51. The Labute approximate surface area is 60.3 Å². The van der Waals surface area contributed by atoms with Crippen molar-refractivity contribution in [1.82, 2.24) is 0 Å². The molecule has 1 rings (SSSR count). The van der Waals surface area contributed by atoms with Crippen LogP contribution in [0.15, 0.2) is 0 Å². The van der Waals surface area contributed by atoms with E-state index in [1.54, 1.807) is 0 Å². The van der Waals surface area contributed by atoms with Crippen LogP contribution in [0.1, 0.15) is 27.2 Å². The summed E-state index contributed by atoms with van der Waals surface area (Å²) in [6.45, 7) is 7.18. The highest BCUT2D eigenvalue weighted by Crippen LogP contribution is 2.62. The zero-order valence-corrected chi connectivity index (χ0v) is 7.79. The lowest BCUT2D eigenvalue weighted by Gasteiger charge is -2.54. The van der Waals surface area contributed by atoms with Gasteiger partial charge in [0.25, 0.3) is 0 Å². The summed E-state index contributed by atoms with van der Waals surface area (Å²) in [7, 11) is -0.134. The molecule has 1 aliphatic rings. The van der Waals surface area contributed by atoms with Crippen LogP contribution in [-0.2, 0) is 0 Å². The fraction of sp³-hybridized carbons (Fsp3) is 1.00. The maximum absolute atomic E-state index is 2.51. The smallest absolute Gasteiger partial charge is 0.0133 e. The Bertz CT molecular complexity index is 102. The highest BCUT2D eigenvalue weighted by molar-refractivity contribution is 8.35. The molecule has 0 aromatic rings. The van der Waals surface area contributed by atoms with Crippen LogP contribution in [0.25, 0.3) is 0 Å². The van der Waals surface area contributed by atoms with Gasteiger partial charge < -0.3 is 0 Å². The molecule has 0 aromatic heterocycles. The summed E-state index contributed by atoms with van der Waals surface area (Å²) in [5.74, 6) is 1.53. The van der Waals surface area contributed by atoms with Crippen LogP contribution in [0, 0.1) is 0 Å². The van der Waals surface area contributed by atoms with E-state index in [0.29, 0.717) is 0 Å². The van der Waals surface area contributed by atoms with Crippen molar-refractivity contribution in [3.63, 3.8) is 0 Å². The van der Waals surface area contributed by atoms with E-state index in [2.05, 4.69) is 27.0 Å². The van der Waals surface area contributed by atoms with Gasteiger partial charge in [0.05, 0.1) is 0 Å². The maximum Gasteiger partial charge on any atom is -0.0133 e. The number of hydrogen-bond donors (Lipinski definition) is 0. The topological polar surface area (TPSA) is 0 Å². The minimum atomic E-state index is -0.134. The molecule has 2 unspecified atom stereocenters. The first kappa shape index (κ1) is 7.46. The van der Waals surface area contributed by atoms with Crippen molar-refractivity contribution in [3.8, 4) is 0 Å². The molecule has 2 atom stereocenters. The van der Waals surface area contributed by atoms with E-state index in [9.17, 15) is 0 Å². The summed E-state index contributed by atoms with van der Waals surface area (Å²) < 4.78 is 0. The summed E-state index contributed by atoms with van der Waals surface area (Å²) in [6.07, 6.45) is 4.00. The van der Waals surface area contributed by atoms with Gasteiger partial charge in [0.2, 0.25) is 0 Å². The van der Waals surface area contributed by atoms with Crippen molar-refractivity contribution < 1.29 is 0 Å². The largest absolute Gasteiger partial charge is 0.239 e. The van der Waals surface area contributed by atoms with Gasteiger partial charge in [-0.25, -0.2) is 10.0 Å². The number of rotatable bonds is 1. The second-order valence-electron chi connectivity index (χ2n) is 3.58. The Balaban J connectivity index is 2.53. The van der Waals surface area contributed by atoms with E-state index in [1.807, 2.05) is 0 Å². The lowest BCUT2D eigenvalue weighted by molar-refractivity contribution is 0.807. The monoisotopic (exact) mass is 146 g/mol. The molecule has 1 saturated heterocycles. The Morgan fingerprint density at radius 1 is 1.44 bits per heavy atom. The molecule has 0 amide bonds. The average molecular weight is 146 g/mol. The van der Waals surface area contributed by atoms with Crippen molar-refractivity contribution in [2.75, 3.05) is 12.0 Å². The molecule has 9 heavy (non-hydrogen) atoms. The van der Waals surface area contributed by atoms with Gasteiger partial charge in [0, 0.05) is 0 Å². The first-order valence-electron chi connectivity index (χ1n) is 3.81. The van der Waals surface area contributed by atoms with E-state index in [4.69, 9.17) is 0 Å². The van der Waals surface area contributed by atoms with Crippen LogP contribution in [0.4, 0.5) is 0 Å². The van der Waals surface area contributed by atoms with Gasteiger partial charge >= 0.3 is 0 Å². The van der Waals surface area contributed by atoms with Gasteiger partial charge in [0.1, 0.15) is 0 Å². The van der Waals surface area contributed by atoms with Gasteiger partial charge in [0.15, 0.2) is 0 Å². The second kappa shape index (κ2) is 2.19. The highest BCUT2D eigenvalue weighted by Gasteiger charge is 2.36. The van der Waals surface area contributed by atoms with Gasteiger partial charge in [-0.3, -0.25) is 0 Å². The Kier molecular flexibility index (Phi) is 1.81. The van der Waals surface area contributed by atoms with Gasteiger partial charge in [-0.15, -0.1) is 0 Å². The third-order valence-electron chi connectivity index (χ3n) is 2.96. The lowest BCUT2D eigenvalue weighted by atomic mass is 10.3. The van der Waals surface area contributed by atoms with Gasteiger partial charge in [-0.05, 0) is 28.9 Å². The van der Waals surface area contributed by atoms with Crippen LogP contribution in [0.2, 0.25) is 0 Å². The molecular weight excluding hydrogens is 128 g/mol. The van der Waals surface area contributed by atoms with E-state index in [-0.39, 0.29) is 10.0 Å². The zero-order valence-electron chi connectivity index (χ0n) is 6.98. The van der Waals surface area contributed by atoms with Crippen LogP contribution < -0.4 is 0 Å². The normalized spacial score (nSPS) is 50.1. The standard InChI is InChI=1S/C8H18S/c1-7(2)9(4)6-5-8(9)3/h7-8H,5-6H2,1-4H3. The lowest BCUT2D eigenvalue weighted by Crippen LogP contribution is -2.35. The SMILES string of the molecule is CC(C)S1(C)CCC1C. The summed E-state index contributed by atoms with van der Waals surface area (Å²) in [5.41, 5.74) is 0. The Morgan fingerprint density at radius 2 is 2.00 bits per heavy atom. The minimum Gasteiger partial charge on any atom is -0.239 e. The predicted molar refractivity (Wildman–Crippen MR) is 47.6 cm³/mol. The fourth-order valence-electron chi connectivity index (χ4n) is 1.43. The first-order chi connectivity index (χ1) is 4.07. The molecule has 0 N–H and O–H groups in total. The summed E-state index contributed by atoms with van der Waals surface area (Å²) >= 11 is 0. The van der Waals surface area contributed by atoms with E-state index in [1.165, 1.54) is 12.2 Å². The van der Waals surface area contributed by atoms with E-state index in [0.717, 1.165) is 10.5 Å². The molecule has 1 aliphatic heterocycles. The first-order valence-corrected chi connectivity index (χ1v) is 6.15. The van der Waals surface area contributed by atoms with Crippen LogP contribution >= 0.6 is 10.0 Å². The Morgan fingerprint density at radius 3 is 2.00 bits per heavy atom. The molecule has 56 valence electrons. The molecule has 0 saturated carbocycles. The number of hydrogen-bond acceptors (Lipinski definition) is 0. The molecule has 0 nitrogen and oxygen atoms in total. The molecule has 0 aliphatic carbocycles. The molecule has 0 aromatic carbocycles. The second-order valence-corrected chi connectivity index (χ2v) is 8.20. The van der Waals surface area contributed by atoms with E-state index < -0.39 is 0 Å². The predicted octanol–water partition coefficient (Wildman–Crippen LogP) is 2.62. The minimum absolute atomic E-state index is 0.134. The van der Waals surface area contributed by atoms with Crippen molar-refractivity contribution >= 4 is 10.0 Å². The summed E-state index contributed by atoms with van der Waals surface area (Å²) in [6, 6.07) is 0. The van der Waals surface area contributed by atoms with Gasteiger partial charge in [-0.1, -0.05) is 20.8 Å². The zero-order chi connectivity index (χ0) is 7.07. The van der Waals surface area contributed by atoms with Gasteiger partial charge in [-0.2, -0.15) is 0 Å². The molecule has 1 fully saturated rings. The van der Waals surface area contributed by atoms with E-state index >= 15 is 0 Å². The fourth-order valence-corrected chi connectivity index (χ4v) is 4.28. The third kappa shape index (κ3) is 1.000. The van der Waals surface area contributed by atoms with Crippen LogP contribution in [-0.4, -0.2) is 22.5 Å². The van der Waals surface area contributed by atoms with Crippen molar-refractivity contribution in [2.45, 2.75) is 37.7 Å². The average Bonchev–Trinajstić information content (AvgIpc) is 1.82. The molecule has 0 spiro atoms. The molecule has 1 heteroatoms. The van der Waals surface area contributed by atoms with Crippen molar-refractivity contribution in [1.29, 1.82) is 0 Å². The van der Waals surface area contributed by atoms with Crippen molar-refractivity contribution in [2.24, 2.45) is 0 Å². The highest BCUT2D eigenvalue weighted by atomic mass is 32.3. The summed E-state index contributed by atoms with van der Waals surface area (Å²) in [5, 5.41) is 2.01. The van der Waals surface area contributed by atoms with Crippen molar-refractivity contribution in [3.05, 3.63) is 0 Å². The van der Waals surface area contributed by atoms with Crippen LogP contribution in [0.3, 0.4) is 0 Å². The quantitative estimate of drug-likeness (QED) is 0.533. The van der Waals surface area contributed by atoms with Crippen LogP contribution in [0.5, 0.6) is 0 Å². The molecule has 1 heterocycles. The molecule has 0 bridgehead atoms. The molecular formula is C8H18S. The molecule has 0 radical (unpaired) electrons. The third-order valence-corrected chi connectivity index (χ3v) is 8.30. The Hall–Kier alpha value is 0.350.